The fraction of sp³-hybridized carbons (Fsp3) is 0.867. The third-order valence-corrected chi connectivity index (χ3v) is 4.10. The fourth-order valence-electron chi connectivity index (χ4n) is 2.89. The van der Waals surface area contributed by atoms with Crippen LogP contribution < -0.4 is 0 Å². The molecule has 0 atom stereocenters. The van der Waals surface area contributed by atoms with Crippen LogP contribution in [0, 0.1) is 17.3 Å². The van der Waals surface area contributed by atoms with Crippen molar-refractivity contribution in [1.29, 1.82) is 0 Å². The lowest BCUT2D eigenvalue weighted by molar-refractivity contribution is 0.159. The van der Waals surface area contributed by atoms with Crippen LogP contribution in [0.3, 0.4) is 0 Å². The first-order valence-corrected chi connectivity index (χ1v) is 6.62. The number of rotatable bonds is 3. The van der Waals surface area contributed by atoms with Crippen LogP contribution in [0.2, 0.25) is 0 Å². The summed E-state index contributed by atoms with van der Waals surface area (Å²) in [6, 6.07) is 0. The Balaban J connectivity index is 2.39. The highest BCUT2D eigenvalue weighted by Gasteiger charge is 2.30. The van der Waals surface area contributed by atoms with Gasteiger partial charge in [0.15, 0.2) is 0 Å². The summed E-state index contributed by atoms with van der Waals surface area (Å²) < 4.78 is 0. The molecule has 0 radical (unpaired) electrons. The molecule has 0 bridgehead atoms. The standard InChI is InChI=1S/C15H28/c1-6-7-12(2)13-8-10-14(11-9-13)15(3,4)5/h13-14H,2,6-11H2,1,3-5H3. The van der Waals surface area contributed by atoms with E-state index in [2.05, 4.69) is 34.3 Å². The highest BCUT2D eigenvalue weighted by atomic mass is 14.3. The minimum atomic E-state index is 0.511. The summed E-state index contributed by atoms with van der Waals surface area (Å²) in [6.07, 6.45) is 8.11. The van der Waals surface area contributed by atoms with E-state index in [0.717, 1.165) is 11.8 Å². The minimum Gasteiger partial charge on any atom is -0.0996 e. The Hall–Kier alpha value is -0.260. The predicted octanol–water partition coefficient (Wildman–Crippen LogP) is 5.20. The molecule has 0 N–H and O–H groups in total. The van der Waals surface area contributed by atoms with Crippen LogP contribution in [0.1, 0.15) is 66.2 Å². The lowest BCUT2D eigenvalue weighted by Crippen LogP contribution is -2.26. The average Bonchev–Trinajstić information content (AvgIpc) is 2.17. The normalized spacial score (nSPS) is 27.7. The zero-order valence-electron chi connectivity index (χ0n) is 11.1. The first-order valence-electron chi connectivity index (χ1n) is 6.62. The van der Waals surface area contributed by atoms with Gasteiger partial charge in [-0.25, -0.2) is 0 Å². The topological polar surface area (TPSA) is 0 Å². The van der Waals surface area contributed by atoms with Gasteiger partial charge >= 0.3 is 0 Å². The molecule has 1 fully saturated rings. The van der Waals surface area contributed by atoms with Gasteiger partial charge in [-0.05, 0) is 49.4 Å². The van der Waals surface area contributed by atoms with Crippen molar-refractivity contribution in [2.45, 2.75) is 66.2 Å². The van der Waals surface area contributed by atoms with E-state index in [1.807, 2.05) is 0 Å². The molecule has 0 aliphatic heterocycles. The Morgan fingerprint density at radius 3 is 2.07 bits per heavy atom. The maximum absolute atomic E-state index is 4.26. The van der Waals surface area contributed by atoms with Crippen LogP contribution in [-0.2, 0) is 0 Å². The van der Waals surface area contributed by atoms with E-state index in [1.54, 1.807) is 0 Å². The first-order chi connectivity index (χ1) is 6.95. The van der Waals surface area contributed by atoms with Crippen LogP contribution >= 0.6 is 0 Å². The highest BCUT2D eigenvalue weighted by molar-refractivity contribution is 5.02. The van der Waals surface area contributed by atoms with Crippen molar-refractivity contribution < 1.29 is 0 Å². The lowest BCUT2D eigenvalue weighted by atomic mass is 9.68. The van der Waals surface area contributed by atoms with E-state index in [4.69, 9.17) is 0 Å². The summed E-state index contributed by atoms with van der Waals surface area (Å²) in [5.74, 6) is 1.77. The van der Waals surface area contributed by atoms with E-state index >= 15 is 0 Å². The van der Waals surface area contributed by atoms with Crippen LogP contribution in [0.4, 0.5) is 0 Å². The predicted molar refractivity (Wildman–Crippen MR) is 69.0 cm³/mol. The van der Waals surface area contributed by atoms with E-state index in [1.165, 1.54) is 44.1 Å². The van der Waals surface area contributed by atoms with Crippen molar-refractivity contribution in [3.8, 4) is 0 Å². The molecular formula is C15H28. The van der Waals surface area contributed by atoms with Gasteiger partial charge in [0.2, 0.25) is 0 Å². The highest BCUT2D eigenvalue weighted by Crippen LogP contribution is 2.42. The molecule has 0 aromatic heterocycles. The molecule has 0 spiro atoms. The second-order valence-corrected chi connectivity index (χ2v) is 6.32. The third kappa shape index (κ3) is 3.66. The van der Waals surface area contributed by atoms with Crippen LogP contribution in [0.5, 0.6) is 0 Å². The summed E-state index contributed by atoms with van der Waals surface area (Å²) in [5, 5.41) is 0. The molecule has 0 unspecified atom stereocenters. The monoisotopic (exact) mass is 208 g/mol. The Kier molecular flexibility index (Phi) is 4.43. The van der Waals surface area contributed by atoms with E-state index in [0.29, 0.717) is 5.41 Å². The van der Waals surface area contributed by atoms with Crippen molar-refractivity contribution in [2.24, 2.45) is 17.3 Å². The molecule has 0 aromatic carbocycles. The zero-order valence-corrected chi connectivity index (χ0v) is 11.1. The quantitative estimate of drug-likeness (QED) is 0.559. The summed E-state index contributed by atoms with van der Waals surface area (Å²) in [7, 11) is 0. The average molecular weight is 208 g/mol. The SMILES string of the molecule is C=C(CCC)C1CCC(C(C)(C)C)CC1. The smallest absolute Gasteiger partial charge is 0.0206 e. The summed E-state index contributed by atoms with van der Waals surface area (Å²) in [6.45, 7) is 13.7. The van der Waals surface area contributed by atoms with Gasteiger partial charge < -0.3 is 0 Å². The lowest BCUT2D eigenvalue weighted by Gasteiger charge is -2.37. The van der Waals surface area contributed by atoms with Gasteiger partial charge in [-0.2, -0.15) is 0 Å². The van der Waals surface area contributed by atoms with Gasteiger partial charge in [-0.3, -0.25) is 0 Å². The number of allylic oxidation sites excluding steroid dienone is 1. The minimum absolute atomic E-state index is 0.511. The van der Waals surface area contributed by atoms with Gasteiger partial charge in [0, 0.05) is 0 Å². The molecular weight excluding hydrogens is 180 g/mol. The first kappa shape index (κ1) is 12.8. The third-order valence-electron chi connectivity index (χ3n) is 4.10. The van der Waals surface area contributed by atoms with E-state index in [-0.39, 0.29) is 0 Å². The second kappa shape index (κ2) is 5.18. The maximum atomic E-state index is 4.26. The van der Waals surface area contributed by atoms with E-state index in [9.17, 15) is 0 Å². The molecule has 0 amide bonds. The Bertz CT molecular complexity index is 199. The largest absolute Gasteiger partial charge is 0.0996 e. The second-order valence-electron chi connectivity index (χ2n) is 6.32. The molecule has 1 aliphatic rings. The maximum Gasteiger partial charge on any atom is -0.0206 e. The number of hydrogen-bond acceptors (Lipinski definition) is 0. The van der Waals surface area contributed by atoms with Crippen LogP contribution in [-0.4, -0.2) is 0 Å². The molecule has 0 saturated heterocycles. The summed E-state index contributed by atoms with van der Waals surface area (Å²) in [5.41, 5.74) is 2.03. The summed E-state index contributed by atoms with van der Waals surface area (Å²) in [4.78, 5) is 0. The molecule has 1 aliphatic carbocycles. The Labute approximate surface area is 96.2 Å². The van der Waals surface area contributed by atoms with Crippen molar-refractivity contribution >= 4 is 0 Å². The molecule has 0 heteroatoms. The molecule has 15 heavy (non-hydrogen) atoms. The van der Waals surface area contributed by atoms with Crippen molar-refractivity contribution in [3.05, 3.63) is 12.2 Å². The molecule has 1 saturated carbocycles. The number of hydrogen-bond donors (Lipinski definition) is 0. The van der Waals surface area contributed by atoms with Gasteiger partial charge in [0.1, 0.15) is 0 Å². The van der Waals surface area contributed by atoms with Gasteiger partial charge in [0.05, 0.1) is 0 Å². The zero-order chi connectivity index (χ0) is 11.5. The molecule has 0 heterocycles. The fourth-order valence-corrected chi connectivity index (χ4v) is 2.89. The van der Waals surface area contributed by atoms with Crippen molar-refractivity contribution in [2.75, 3.05) is 0 Å². The molecule has 0 nitrogen and oxygen atoms in total. The Morgan fingerprint density at radius 2 is 1.67 bits per heavy atom. The Morgan fingerprint density at radius 1 is 1.13 bits per heavy atom. The summed E-state index contributed by atoms with van der Waals surface area (Å²) >= 11 is 0. The molecule has 88 valence electrons. The van der Waals surface area contributed by atoms with E-state index < -0.39 is 0 Å². The van der Waals surface area contributed by atoms with Gasteiger partial charge in [-0.15, -0.1) is 0 Å². The van der Waals surface area contributed by atoms with Gasteiger partial charge in [0.25, 0.3) is 0 Å². The molecule has 1 rings (SSSR count). The van der Waals surface area contributed by atoms with Crippen LogP contribution in [0.15, 0.2) is 12.2 Å². The molecule has 0 aromatic rings. The van der Waals surface area contributed by atoms with Crippen LogP contribution in [0.25, 0.3) is 0 Å². The van der Waals surface area contributed by atoms with Gasteiger partial charge in [-0.1, -0.05) is 46.3 Å². The van der Waals surface area contributed by atoms with Crippen molar-refractivity contribution in [3.63, 3.8) is 0 Å². The van der Waals surface area contributed by atoms with Crippen molar-refractivity contribution in [1.82, 2.24) is 0 Å².